The lowest BCUT2D eigenvalue weighted by Gasteiger charge is -2.36. The standard InChI is InChI=1S/C17H26BrNO4/c1-13-9-19(10-14(2)23-13)11-15(20)12-21-7-8-22-17-6-4-3-5-16(17)18/h3-6,13-15,20H,7-12H2,1-2H3/t13-,14+,15-/m1/s1. The fraction of sp³-hybridized carbons (Fsp3) is 0.647. The third-order valence-corrected chi connectivity index (χ3v) is 4.25. The molecule has 3 atom stereocenters. The summed E-state index contributed by atoms with van der Waals surface area (Å²) in [5.74, 6) is 0.799. The predicted octanol–water partition coefficient (Wildman–Crippen LogP) is 2.31. The molecule has 1 saturated heterocycles. The van der Waals surface area contributed by atoms with E-state index in [1.807, 2.05) is 24.3 Å². The molecule has 130 valence electrons. The van der Waals surface area contributed by atoms with E-state index in [2.05, 4.69) is 34.7 Å². The molecule has 1 fully saturated rings. The van der Waals surface area contributed by atoms with Gasteiger partial charge in [-0.1, -0.05) is 12.1 Å². The summed E-state index contributed by atoms with van der Waals surface area (Å²) < 4.78 is 17.7. The first-order valence-corrected chi connectivity index (χ1v) is 8.85. The molecule has 0 aromatic heterocycles. The molecule has 0 radical (unpaired) electrons. The second-order valence-electron chi connectivity index (χ2n) is 5.98. The molecular formula is C17H26BrNO4. The minimum absolute atomic E-state index is 0.213. The van der Waals surface area contributed by atoms with Gasteiger partial charge >= 0.3 is 0 Å². The molecule has 23 heavy (non-hydrogen) atoms. The summed E-state index contributed by atoms with van der Waals surface area (Å²) in [5, 5.41) is 10.1. The topological polar surface area (TPSA) is 51.2 Å². The average Bonchev–Trinajstić information content (AvgIpc) is 2.47. The van der Waals surface area contributed by atoms with E-state index in [0.29, 0.717) is 26.4 Å². The molecule has 1 N–H and O–H groups in total. The van der Waals surface area contributed by atoms with E-state index in [9.17, 15) is 5.11 Å². The van der Waals surface area contributed by atoms with Crippen LogP contribution in [0, 0.1) is 0 Å². The Balaban J connectivity index is 1.58. The van der Waals surface area contributed by atoms with Crippen LogP contribution in [0.5, 0.6) is 5.75 Å². The van der Waals surface area contributed by atoms with Crippen LogP contribution in [0.3, 0.4) is 0 Å². The van der Waals surface area contributed by atoms with Crippen molar-refractivity contribution >= 4 is 15.9 Å². The van der Waals surface area contributed by atoms with Gasteiger partial charge in [-0.2, -0.15) is 0 Å². The first kappa shape index (κ1) is 18.7. The van der Waals surface area contributed by atoms with Gasteiger partial charge in [0.15, 0.2) is 0 Å². The van der Waals surface area contributed by atoms with Crippen molar-refractivity contribution in [3.05, 3.63) is 28.7 Å². The van der Waals surface area contributed by atoms with E-state index in [-0.39, 0.29) is 12.2 Å². The van der Waals surface area contributed by atoms with Gasteiger partial charge in [-0.3, -0.25) is 4.90 Å². The second-order valence-corrected chi connectivity index (χ2v) is 6.84. The molecule has 1 aromatic rings. The van der Waals surface area contributed by atoms with Crippen molar-refractivity contribution in [2.24, 2.45) is 0 Å². The van der Waals surface area contributed by atoms with Gasteiger partial charge in [0.1, 0.15) is 12.4 Å². The van der Waals surface area contributed by atoms with Crippen LogP contribution in [0.15, 0.2) is 28.7 Å². The van der Waals surface area contributed by atoms with E-state index >= 15 is 0 Å². The minimum atomic E-state index is -0.490. The van der Waals surface area contributed by atoms with Crippen molar-refractivity contribution in [3.8, 4) is 5.75 Å². The molecule has 5 nitrogen and oxygen atoms in total. The van der Waals surface area contributed by atoms with Crippen LogP contribution < -0.4 is 4.74 Å². The molecule has 1 aliphatic rings. The van der Waals surface area contributed by atoms with Crippen LogP contribution in [0.25, 0.3) is 0 Å². The SMILES string of the molecule is C[C@@H]1CN(C[C@@H](O)COCCOc2ccccc2Br)C[C@H](C)O1. The van der Waals surface area contributed by atoms with Crippen molar-refractivity contribution in [2.75, 3.05) is 39.5 Å². The van der Waals surface area contributed by atoms with Gasteiger partial charge in [-0.15, -0.1) is 0 Å². The highest BCUT2D eigenvalue weighted by molar-refractivity contribution is 9.10. The second kappa shape index (κ2) is 9.59. The van der Waals surface area contributed by atoms with Gasteiger partial charge in [0, 0.05) is 19.6 Å². The molecule has 0 saturated carbocycles. The molecular weight excluding hydrogens is 362 g/mol. The van der Waals surface area contributed by atoms with E-state index in [4.69, 9.17) is 14.2 Å². The fourth-order valence-corrected chi connectivity index (χ4v) is 3.18. The highest BCUT2D eigenvalue weighted by atomic mass is 79.9. The van der Waals surface area contributed by atoms with Crippen molar-refractivity contribution in [1.29, 1.82) is 0 Å². The maximum atomic E-state index is 10.1. The largest absolute Gasteiger partial charge is 0.490 e. The summed E-state index contributed by atoms with van der Waals surface area (Å²) in [5.41, 5.74) is 0. The van der Waals surface area contributed by atoms with Crippen LogP contribution in [-0.4, -0.2) is 67.8 Å². The summed E-state index contributed by atoms with van der Waals surface area (Å²) in [7, 11) is 0. The van der Waals surface area contributed by atoms with E-state index in [1.165, 1.54) is 0 Å². The lowest BCUT2D eigenvalue weighted by molar-refractivity contribution is -0.0824. The number of hydrogen-bond acceptors (Lipinski definition) is 5. The van der Waals surface area contributed by atoms with Crippen LogP contribution in [0.2, 0.25) is 0 Å². The van der Waals surface area contributed by atoms with Gasteiger partial charge in [0.05, 0.1) is 36.0 Å². The highest BCUT2D eigenvalue weighted by Gasteiger charge is 2.23. The van der Waals surface area contributed by atoms with Gasteiger partial charge in [-0.05, 0) is 41.9 Å². The number of para-hydroxylation sites is 1. The molecule has 0 unspecified atom stereocenters. The van der Waals surface area contributed by atoms with E-state index in [0.717, 1.165) is 23.3 Å². The molecule has 0 aliphatic carbocycles. The van der Waals surface area contributed by atoms with Gasteiger partial charge in [0.2, 0.25) is 0 Å². The lowest BCUT2D eigenvalue weighted by atomic mass is 10.2. The van der Waals surface area contributed by atoms with Crippen molar-refractivity contribution in [1.82, 2.24) is 4.90 Å². The molecule has 0 bridgehead atoms. The summed E-state index contributed by atoms with van der Waals surface area (Å²) in [6.45, 7) is 7.67. The predicted molar refractivity (Wildman–Crippen MR) is 92.9 cm³/mol. The number of hydrogen-bond donors (Lipinski definition) is 1. The first-order chi connectivity index (χ1) is 11.0. The number of β-amino-alcohol motifs (C(OH)–C–C–N with tert-alkyl or cyclic N) is 1. The molecule has 1 aromatic carbocycles. The number of rotatable bonds is 8. The quantitative estimate of drug-likeness (QED) is 0.693. The summed E-state index contributed by atoms with van der Waals surface area (Å²) >= 11 is 3.43. The van der Waals surface area contributed by atoms with E-state index in [1.54, 1.807) is 0 Å². The van der Waals surface area contributed by atoms with E-state index < -0.39 is 6.10 Å². The summed E-state index contributed by atoms with van der Waals surface area (Å²) in [6.07, 6.45) is -0.0647. The zero-order valence-electron chi connectivity index (χ0n) is 13.8. The molecule has 0 amide bonds. The average molecular weight is 388 g/mol. The number of morpholine rings is 1. The van der Waals surface area contributed by atoms with Crippen LogP contribution in [-0.2, 0) is 9.47 Å². The Morgan fingerprint density at radius 1 is 1.26 bits per heavy atom. The first-order valence-electron chi connectivity index (χ1n) is 8.05. The molecule has 2 rings (SSSR count). The van der Waals surface area contributed by atoms with Crippen LogP contribution in [0.4, 0.5) is 0 Å². The van der Waals surface area contributed by atoms with Crippen molar-refractivity contribution in [3.63, 3.8) is 0 Å². The maximum Gasteiger partial charge on any atom is 0.133 e. The van der Waals surface area contributed by atoms with Crippen molar-refractivity contribution < 1.29 is 19.3 Å². The third-order valence-electron chi connectivity index (χ3n) is 3.60. The zero-order chi connectivity index (χ0) is 16.7. The Labute approximate surface area is 146 Å². The molecule has 6 heteroatoms. The minimum Gasteiger partial charge on any atom is -0.490 e. The number of aliphatic hydroxyl groups is 1. The fourth-order valence-electron chi connectivity index (χ4n) is 2.78. The third kappa shape index (κ3) is 6.77. The Kier molecular flexibility index (Phi) is 7.79. The van der Waals surface area contributed by atoms with Crippen LogP contribution >= 0.6 is 15.9 Å². The maximum absolute atomic E-state index is 10.1. The molecule has 1 aliphatic heterocycles. The van der Waals surface area contributed by atoms with Gasteiger partial charge < -0.3 is 19.3 Å². The summed E-state index contributed by atoms with van der Waals surface area (Å²) in [6, 6.07) is 7.70. The van der Waals surface area contributed by atoms with Gasteiger partial charge in [-0.25, -0.2) is 0 Å². The number of nitrogens with zero attached hydrogens (tertiary/aromatic N) is 1. The lowest BCUT2D eigenvalue weighted by Crippen LogP contribution is -2.48. The monoisotopic (exact) mass is 387 g/mol. The Hall–Kier alpha value is -0.660. The molecule has 1 heterocycles. The van der Waals surface area contributed by atoms with Gasteiger partial charge in [0.25, 0.3) is 0 Å². The highest BCUT2D eigenvalue weighted by Crippen LogP contribution is 2.23. The Morgan fingerprint density at radius 2 is 1.96 bits per heavy atom. The number of ether oxygens (including phenoxy) is 3. The Morgan fingerprint density at radius 3 is 2.65 bits per heavy atom. The van der Waals surface area contributed by atoms with Crippen LogP contribution in [0.1, 0.15) is 13.8 Å². The number of aliphatic hydroxyl groups excluding tert-OH is 1. The smallest absolute Gasteiger partial charge is 0.133 e. The Bertz CT molecular complexity index is 464. The number of halogens is 1. The normalized spacial score (nSPS) is 23.7. The molecule has 0 spiro atoms. The van der Waals surface area contributed by atoms with Crippen molar-refractivity contribution in [2.45, 2.75) is 32.2 Å². The zero-order valence-corrected chi connectivity index (χ0v) is 15.4. The summed E-state index contributed by atoms with van der Waals surface area (Å²) in [4.78, 5) is 2.23. The number of benzene rings is 1.